The normalized spacial score (nSPS) is 17.3. The lowest BCUT2D eigenvalue weighted by Crippen LogP contribution is -2.52. The van der Waals surface area contributed by atoms with Crippen molar-refractivity contribution in [2.24, 2.45) is 0 Å². The number of carbonyl (C=O) groups is 1. The van der Waals surface area contributed by atoms with Gasteiger partial charge >= 0.3 is 0 Å². The number of likely N-dealkylation sites (tertiary alicyclic amines) is 1. The van der Waals surface area contributed by atoms with Crippen molar-refractivity contribution in [2.45, 2.75) is 25.2 Å². The predicted molar refractivity (Wildman–Crippen MR) is 110 cm³/mol. The quantitative estimate of drug-likeness (QED) is 0.642. The topological polar surface area (TPSA) is 61.1 Å². The SMILES string of the molecule is COc1cccc(C(=O)N2CCC3(CC2)OCc2cc(-c4ccco4)ccc2O3)c1. The smallest absolute Gasteiger partial charge is 0.253 e. The first-order chi connectivity index (χ1) is 14.7. The number of ether oxygens (including phenoxy) is 3. The molecule has 1 fully saturated rings. The van der Waals surface area contributed by atoms with Gasteiger partial charge in [-0.25, -0.2) is 0 Å². The Kier molecular flexibility index (Phi) is 4.71. The highest BCUT2D eigenvalue weighted by atomic mass is 16.7. The largest absolute Gasteiger partial charge is 0.497 e. The van der Waals surface area contributed by atoms with Crippen molar-refractivity contribution in [3.8, 4) is 22.8 Å². The molecule has 0 bridgehead atoms. The van der Waals surface area contributed by atoms with Gasteiger partial charge in [-0.1, -0.05) is 6.07 Å². The number of nitrogens with zero attached hydrogens (tertiary/aromatic N) is 1. The van der Waals surface area contributed by atoms with Crippen LogP contribution >= 0.6 is 0 Å². The zero-order chi connectivity index (χ0) is 20.6. The lowest BCUT2D eigenvalue weighted by molar-refractivity contribution is -0.225. The minimum atomic E-state index is -0.676. The summed E-state index contributed by atoms with van der Waals surface area (Å²) < 4.78 is 23.2. The second-order valence-electron chi connectivity index (χ2n) is 7.63. The maximum atomic E-state index is 12.9. The van der Waals surface area contributed by atoms with Crippen LogP contribution in [0.15, 0.2) is 65.3 Å². The number of piperidine rings is 1. The molecule has 1 aromatic heterocycles. The Hall–Kier alpha value is -3.25. The second kappa shape index (κ2) is 7.54. The third kappa shape index (κ3) is 3.44. The Balaban J connectivity index is 1.27. The van der Waals surface area contributed by atoms with Gasteiger partial charge in [0.1, 0.15) is 17.3 Å². The van der Waals surface area contributed by atoms with Crippen molar-refractivity contribution >= 4 is 5.91 Å². The molecule has 2 aliphatic rings. The average molecular weight is 405 g/mol. The highest BCUT2D eigenvalue weighted by Gasteiger charge is 2.42. The van der Waals surface area contributed by atoms with Crippen LogP contribution in [0, 0.1) is 0 Å². The van der Waals surface area contributed by atoms with E-state index in [4.69, 9.17) is 18.6 Å². The lowest BCUT2D eigenvalue weighted by atomic mass is 9.99. The van der Waals surface area contributed by atoms with Crippen LogP contribution < -0.4 is 9.47 Å². The number of furan rings is 1. The highest BCUT2D eigenvalue weighted by molar-refractivity contribution is 5.94. The summed E-state index contributed by atoms with van der Waals surface area (Å²) in [6.07, 6.45) is 2.92. The Morgan fingerprint density at radius 2 is 1.93 bits per heavy atom. The van der Waals surface area contributed by atoms with Crippen LogP contribution in [0.1, 0.15) is 28.8 Å². The summed E-state index contributed by atoms with van der Waals surface area (Å²) in [6, 6.07) is 17.1. The molecule has 6 heteroatoms. The first kappa shape index (κ1) is 18.8. The highest BCUT2D eigenvalue weighted by Crippen LogP contribution is 2.39. The molecule has 0 radical (unpaired) electrons. The molecule has 1 saturated heterocycles. The van der Waals surface area contributed by atoms with E-state index >= 15 is 0 Å². The fourth-order valence-corrected chi connectivity index (χ4v) is 4.06. The number of hydrogen-bond acceptors (Lipinski definition) is 5. The van der Waals surface area contributed by atoms with Gasteiger partial charge < -0.3 is 23.5 Å². The van der Waals surface area contributed by atoms with Gasteiger partial charge in [-0.15, -0.1) is 0 Å². The summed E-state index contributed by atoms with van der Waals surface area (Å²) in [5, 5.41) is 0. The van der Waals surface area contributed by atoms with E-state index in [9.17, 15) is 4.79 Å². The van der Waals surface area contributed by atoms with Gasteiger partial charge in [-0.05, 0) is 48.5 Å². The maximum Gasteiger partial charge on any atom is 0.253 e. The Morgan fingerprint density at radius 1 is 1.07 bits per heavy atom. The summed E-state index contributed by atoms with van der Waals surface area (Å²) in [5.74, 6) is 1.66. The average Bonchev–Trinajstić information content (AvgIpc) is 3.34. The van der Waals surface area contributed by atoms with E-state index in [1.807, 2.05) is 53.4 Å². The van der Waals surface area contributed by atoms with Crippen LogP contribution in [0.4, 0.5) is 0 Å². The van der Waals surface area contributed by atoms with Gasteiger partial charge in [-0.2, -0.15) is 0 Å². The van der Waals surface area contributed by atoms with Crippen LogP contribution in [0.25, 0.3) is 11.3 Å². The summed E-state index contributed by atoms with van der Waals surface area (Å²) in [4.78, 5) is 14.7. The number of benzene rings is 2. The Labute approximate surface area is 175 Å². The van der Waals surface area contributed by atoms with Crippen molar-refractivity contribution in [1.82, 2.24) is 4.90 Å². The van der Waals surface area contributed by atoms with Crippen LogP contribution in [0.3, 0.4) is 0 Å². The zero-order valence-corrected chi connectivity index (χ0v) is 16.8. The van der Waals surface area contributed by atoms with Crippen molar-refractivity contribution in [2.75, 3.05) is 20.2 Å². The molecule has 3 heterocycles. The van der Waals surface area contributed by atoms with Crippen molar-refractivity contribution in [1.29, 1.82) is 0 Å². The molecule has 30 heavy (non-hydrogen) atoms. The van der Waals surface area contributed by atoms with Gasteiger partial charge in [0.05, 0.1) is 20.0 Å². The molecular formula is C24H23NO5. The van der Waals surface area contributed by atoms with Gasteiger partial charge in [0.25, 0.3) is 5.91 Å². The molecule has 3 aromatic rings. The van der Waals surface area contributed by atoms with Crippen LogP contribution in [-0.2, 0) is 11.3 Å². The summed E-state index contributed by atoms with van der Waals surface area (Å²) in [5.41, 5.74) is 2.64. The van der Waals surface area contributed by atoms with Gasteiger partial charge in [-0.3, -0.25) is 4.79 Å². The van der Waals surface area contributed by atoms with E-state index in [1.165, 1.54) is 0 Å². The van der Waals surface area contributed by atoms with Gasteiger partial charge in [0.15, 0.2) is 0 Å². The number of methoxy groups -OCH3 is 1. The molecule has 5 rings (SSSR count). The predicted octanol–water partition coefficient (Wildman–Crippen LogP) is 4.50. The van der Waals surface area contributed by atoms with E-state index in [0.29, 0.717) is 43.9 Å². The molecule has 6 nitrogen and oxygen atoms in total. The lowest BCUT2D eigenvalue weighted by Gasteiger charge is -2.44. The standard InChI is InChI=1S/C24H23NO5/c1-27-20-5-2-4-18(15-20)23(26)25-11-9-24(10-12-25)29-16-19-14-17(7-8-22(19)30-24)21-6-3-13-28-21/h2-8,13-15H,9-12,16H2,1H3. The number of hydrogen-bond donors (Lipinski definition) is 0. The van der Waals surface area contributed by atoms with E-state index in [-0.39, 0.29) is 5.91 Å². The number of rotatable bonds is 3. The molecule has 2 aliphatic heterocycles. The van der Waals surface area contributed by atoms with Gasteiger partial charge in [0.2, 0.25) is 5.79 Å². The molecule has 2 aromatic carbocycles. The Morgan fingerprint density at radius 3 is 2.70 bits per heavy atom. The molecular weight excluding hydrogens is 382 g/mol. The first-order valence-electron chi connectivity index (χ1n) is 10.1. The van der Waals surface area contributed by atoms with Crippen LogP contribution in [0.5, 0.6) is 11.5 Å². The van der Waals surface area contributed by atoms with Crippen molar-refractivity contribution in [3.63, 3.8) is 0 Å². The molecule has 1 amide bonds. The summed E-state index contributed by atoms with van der Waals surface area (Å²) in [6.45, 7) is 1.64. The summed E-state index contributed by atoms with van der Waals surface area (Å²) in [7, 11) is 1.60. The van der Waals surface area contributed by atoms with E-state index in [0.717, 1.165) is 22.6 Å². The fraction of sp³-hybridized carbons (Fsp3) is 0.292. The molecule has 0 atom stereocenters. The van der Waals surface area contributed by atoms with Crippen molar-refractivity contribution < 1.29 is 23.4 Å². The first-order valence-corrected chi connectivity index (χ1v) is 10.1. The third-order valence-electron chi connectivity index (χ3n) is 5.78. The second-order valence-corrected chi connectivity index (χ2v) is 7.63. The number of carbonyl (C=O) groups excluding carboxylic acids is 1. The number of amides is 1. The van der Waals surface area contributed by atoms with Crippen molar-refractivity contribution in [3.05, 3.63) is 72.0 Å². The molecule has 0 unspecified atom stereocenters. The minimum absolute atomic E-state index is 0.00282. The molecule has 0 aliphatic carbocycles. The van der Waals surface area contributed by atoms with E-state index in [2.05, 4.69) is 0 Å². The van der Waals surface area contributed by atoms with Crippen LogP contribution in [-0.4, -0.2) is 36.8 Å². The monoisotopic (exact) mass is 405 g/mol. The molecule has 0 N–H and O–H groups in total. The third-order valence-corrected chi connectivity index (χ3v) is 5.78. The van der Waals surface area contributed by atoms with E-state index < -0.39 is 5.79 Å². The summed E-state index contributed by atoms with van der Waals surface area (Å²) >= 11 is 0. The zero-order valence-electron chi connectivity index (χ0n) is 16.8. The van der Waals surface area contributed by atoms with Crippen LogP contribution in [0.2, 0.25) is 0 Å². The number of fused-ring (bicyclic) bond motifs is 1. The van der Waals surface area contributed by atoms with Gasteiger partial charge in [0, 0.05) is 42.6 Å². The Bertz CT molecular complexity index is 1050. The molecule has 1 spiro atoms. The molecule has 0 saturated carbocycles. The fourth-order valence-electron chi connectivity index (χ4n) is 4.06. The van der Waals surface area contributed by atoms with E-state index in [1.54, 1.807) is 19.4 Å². The molecule has 154 valence electrons. The minimum Gasteiger partial charge on any atom is -0.497 e. The maximum absolute atomic E-state index is 12.9.